The van der Waals surface area contributed by atoms with E-state index in [9.17, 15) is 13.2 Å². The molecule has 3 aromatic rings. The predicted octanol–water partition coefficient (Wildman–Crippen LogP) is 7.45. The molecule has 0 atom stereocenters. The van der Waals surface area contributed by atoms with Crippen molar-refractivity contribution in [2.24, 2.45) is 0 Å². The van der Waals surface area contributed by atoms with Crippen LogP contribution < -0.4 is 5.32 Å². The van der Waals surface area contributed by atoms with Crippen molar-refractivity contribution in [3.8, 4) is 16.8 Å². The number of anilines is 1. The van der Waals surface area contributed by atoms with Crippen LogP contribution in [0.5, 0.6) is 0 Å². The van der Waals surface area contributed by atoms with Crippen LogP contribution in [-0.2, 0) is 18.1 Å². The van der Waals surface area contributed by atoms with Crippen molar-refractivity contribution < 1.29 is 13.2 Å². The van der Waals surface area contributed by atoms with E-state index in [0.29, 0.717) is 23.5 Å². The van der Waals surface area contributed by atoms with Crippen molar-refractivity contribution in [3.63, 3.8) is 0 Å². The average molecular weight is 464 g/mol. The first-order valence-electron chi connectivity index (χ1n) is 9.72. The molecule has 4 rings (SSSR count). The van der Waals surface area contributed by atoms with Crippen LogP contribution in [-0.4, -0.2) is 9.78 Å². The van der Waals surface area contributed by atoms with E-state index in [1.807, 2.05) is 20.8 Å². The third kappa shape index (κ3) is 3.22. The van der Waals surface area contributed by atoms with E-state index in [-0.39, 0.29) is 5.02 Å². The molecule has 0 bridgehead atoms. The molecular formula is C23H21ClF3N3S. The molecule has 3 heterocycles. The van der Waals surface area contributed by atoms with Crippen LogP contribution >= 0.6 is 22.9 Å². The lowest BCUT2D eigenvalue weighted by atomic mass is 9.85. The summed E-state index contributed by atoms with van der Waals surface area (Å²) in [4.78, 5) is 2.30. The van der Waals surface area contributed by atoms with Gasteiger partial charge in [0.2, 0.25) is 0 Å². The van der Waals surface area contributed by atoms with Crippen LogP contribution in [0.3, 0.4) is 0 Å². The van der Waals surface area contributed by atoms with E-state index in [1.165, 1.54) is 0 Å². The van der Waals surface area contributed by atoms with Crippen LogP contribution in [0.15, 0.2) is 43.5 Å². The molecule has 0 unspecified atom stereocenters. The zero-order chi connectivity index (χ0) is 22.7. The number of rotatable bonds is 4. The molecule has 1 aliphatic heterocycles. The molecule has 0 spiro atoms. The Balaban J connectivity index is 2.11. The summed E-state index contributed by atoms with van der Waals surface area (Å²) in [5, 5.41) is 8.09. The van der Waals surface area contributed by atoms with Gasteiger partial charge >= 0.3 is 6.18 Å². The molecule has 0 aliphatic carbocycles. The number of benzene rings is 1. The molecule has 8 heteroatoms. The number of alkyl halides is 3. The van der Waals surface area contributed by atoms with Crippen molar-refractivity contribution in [1.29, 1.82) is 0 Å². The molecule has 162 valence electrons. The zero-order valence-electron chi connectivity index (χ0n) is 17.3. The number of fused-ring (bicyclic) bond motifs is 3. The molecule has 31 heavy (non-hydrogen) atoms. The highest BCUT2D eigenvalue weighted by atomic mass is 35.5. The number of aromatic nitrogens is 2. The first-order chi connectivity index (χ1) is 14.6. The number of hydrogen-bond donors (Lipinski definition) is 1. The van der Waals surface area contributed by atoms with Gasteiger partial charge in [-0.2, -0.15) is 18.3 Å². The fourth-order valence-electron chi connectivity index (χ4n) is 4.11. The lowest BCUT2D eigenvalue weighted by Crippen LogP contribution is -2.37. The minimum Gasteiger partial charge on any atom is -0.353 e. The van der Waals surface area contributed by atoms with E-state index < -0.39 is 17.3 Å². The number of aryl methyl sites for hydroxylation is 3. The third-order valence-corrected chi connectivity index (χ3v) is 6.87. The Bertz CT molecular complexity index is 1210. The van der Waals surface area contributed by atoms with Crippen LogP contribution in [0, 0.1) is 13.8 Å². The molecule has 1 aliphatic rings. The first kappa shape index (κ1) is 21.7. The summed E-state index contributed by atoms with van der Waals surface area (Å²) in [7, 11) is 0. The summed E-state index contributed by atoms with van der Waals surface area (Å²) < 4.78 is 42.2. The Kier molecular flexibility index (Phi) is 5.10. The summed E-state index contributed by atoms with van der Waals surface area (Å²) in [6.45, 7) is 13.9. The van der Waals surface area contributed by atoms with Crippen molar-refractivity contribution >= 4 is 28.8 Å². The van der Waals surface area contributed by atoms with Gasteiger partial charge in [-0.1, -0.05) is 30.7 Å². The Morgan fingerprint density at radius 1 is 1.23 bits per heavy atom. The quantitative estimate of drug-likeness (QED) is 0.407. The van der Waals surface area contributed by atoms with Gasteiger partial charge in [-0.05, 0) is 38.5 Å². The van der Waals surface area contributed by atoms with Crippen LogP contribution in [0.25, 0.3) is 16.8 Å². The van der Waals surface area contributed by atoms with E-state index in [0.717, 1.165) is 38.7 Å². The van der Waals surface area contributed by atoms with Gasteiger partial charge in [-0.25, -0.2) is 4.68 Å². The van der Waals surface area contributed by atoms with Gasteiger partial charge in [0.05, 0.1) is 22.0 Å². The molecule has 2 aromatic heterocycles. The van der Waals surface area contributed by atoms with Gasteiger partial charge in [-0.15, -0.1) is 24.5 Å². The van der Waals surface area contributed by atoms with Gasteiger partial charge in [0.25, 0.3) is 0 Å². The molecule has 0 amide bonds. The van der Waals surface area contributed by atoms with Gasteiger partial charge in [0, 0.05) is 26.4 Å². The topological polar surface area (TPSA) is 29.9 Å². The monoisotopic (exact) mass is 463 g/mol. The van der Waals surface area contributed by atoms with Gasteiger partial charge in [-0.3, -0.25) is 0 Å². The summed E-state index contributed by atoms with van der Waals surface area (Å²) in [6, 6.07) is 4.14. The molecule has 0 radical (unpaired) electrons. The third-order valence-electron chi connectivity index (χ3n) is 5.62. The average Bonchev–Trinajstić information content (AvgIpc) is 3.24. The number of halogens is 4. The Morgan fingerprint density at radius 2 is 1.90 bits per heavy atom. The molecule has 1 aromatic carbocycles. The molecule has 1 N–H and O–H groups in total. The zero-order valence-corrected chi connectivity index (χ0v) is 18.9. The van der Waals surface area contributed by atoms with Crippen LogP contribution in [0.2, 0.25) is 5.02 Å². The van der Waals surface area contributed by atoms with Crippen molar-refractivity contribution in [3.05, 3.63) is 75.1 Å². The molecule has 3 nitrogen and oxygen atoms in total. The highest BCUT2D eigenvalue weighted by molar-refractivity contribution is 7.12. The summed E-state index contributed by atoms with van der Waals surface area (Å²) >= 11 is 8.14. The van der Waals surface area contributed by atoms with Gasteiger partial charge < -0.3 is 5.32 Å². The summed E-state index contributed by atoms with van der Waals surface area (Å²) in [5.41, 5.74) is 1.51. The number of nitrogens with one attached hydrogen (secondary N) is 1. The maximum absolute atomic E-state index is 13.5. The van der Waals surface area contributed by atoms with Gasteiger partial charge in [0.15, 0.2) is 0 Å². The predicted molar refractivity (Wildman–Crippen MR) is 121 cm³/mol. The number of hydrogen-bond acceptors (Lipinski definition) is 3. The molecule has 0 saturated heterocycles. The molecule has 0 saturated carbocycles. The standard InChI is InChI=1S/C23H21ClF3N3S/c1-6-18-19(15-9-12(4)31-13(15)5)21-28-22(7-2,8-3)16-10-14(23(25,26)27)11-17(24)20(16)30(21)29-18/h7-11,28H,2-3,6H2,1,4-5H3. The van der Waals surface area contributed by atoms with Crippen LogP contribution in [0.1, 0.15) is 33.5 Å². The van der Waals surface area contributed by atoms with E-state index in [2.05, 4.69) is 24.5 Å². The van der Waals surface area contributed by atoms with Crippen molar-refractivity contribution in [2.75, 3.05) is 5.32 Å². The fourth-order valence-corrected chi connectivity index (χ4v) is 5.34. The second-order valence-corrected chi connectivity index (χ2v) is 9.38. The minimum absolute atomic E-state index is 0.0319. The SMILES string of the molecule is C=CC1(C=C)Nc2c(-c3cc(C)sc3C)c(CC)nn2-c2c(Cl)cc(C(F)(F)F)cc21. The normalized spacial score (nSPS) is 14.5. The van der Waals surface area contributed by atoms with Crippen molar-refractivity contribution in [1.82, 2.24) is 9.78 Å². The Labute approximate surface area is 187 Å². The summed E-state index contributed by atoms with van der Waals surface area (Å²) in [5.74, 6) is 0.659. The second kappa shape index (κ2) is 7.28. The lowest BCUT2D eigenvalue weighted by molar-refractivity contribution is -0.137. The lowest BCUT2D eigenvalue weighted by Gasteiger charge is -2.37. The Hall–Kier alpha value is -2.51. The molecule has 0 fully saturated rings. The highest BCUT2D eigenvalue weighted by Crippen LogP contribution is 2.49. The highest BCUT2D eigenvalue weighted by Gasteiger charge is 2.41. The maximum Gasteiger partial charge on any atom is 0.416 e. The number of thiophene rings is 1. The minimum atomic E-state index is -4.54. The van der Waals surface area contributed by atoms with E-state index in [4.69, 9.17) is 16.7 Å². The maximum atomic E-state index is 13.5. The van der Waals surface area contributed by atoms with Crippen LogP contribution in [0.4, 0.5) is 19.0 Å². The number of nitrogens with zero attached hydrogens (tertiary/aromatic N) is 2. The molecular weight excluding hydrogens is 443 g/mol. The fraction of sp³-hybridized carbons (Fsp3) is 0.261. The summed E-state index contributed by atoms with van der Waals surface area (Å²) in [6.07, 6.45) is -0.795. The smallest absolute Gasteiger partial charge is 0.353 e. The Morgan fingerprint density at radius 3 is 2.42 bits per heavy atom. The van der Waals surface area contributed by atoms with Crippen molar-refractivity contribution in [2.45, 2.75) is 38.9 Å². The second-order valence-electron chi connectivity index (χ2n) is 7.52. The van der Waals surface area contributed by atoms with Gasteiger partial charge in [0.1, 0.15) is 11.4 Å². The first-order valence-corrected chi connectivity index (χ1v) is 10.9. The van der Waals surface area contributed by atoms with E-state index >= 15 is 0 Å². The largest absolute Gasteiger partial charge is 0.416 e. The van der Waals surface area contributed by atoms with E-state index in [1.54, 1.807) is 28.2 Å².